The first-order valence-corrected chi connectivity index (χ1v) is 12.3. The molecular weight excluding hydrogens is 468 g/mol. The molecule has 1 N–H and O–H groups in total. The Kier molecular flexibility index (Phi) is 6.12. The molecule has 3 atom stereocenters. The Labute approximate surface area is 215 Å². The third-order valence-electron chi connectivity index (χ3n) is 7.35. The van der Waals surface area contributed by atoms with Crippen molar-refractivity contribution in [3.63, 3.8) is 0 Å². The maximum atomic E-state index is 14.0. The van der Waals surface area contributed by atoms with Crippen molar-refractivity contribution in [1.82, 2.24) is 19.8 Å². The highest BCUT2D eigenvalue weighted by atomic mass is 16.2. The lowest BCUT2D eigenvalue weighted by atomic mass is 9.80. The molecule has 0 bridgehead atoms. The first kappa shape index (κ1) is 24.4. The van der Waals surface area contributed by atoms with Gasteiger partial charge < -0.3 is 10.2 Å². The van der Waals surface area contributed by atoms with E-state index < -0.39 is 17.6 Å². The highest BCUT2D eigenvalue weighted by Crippen LogP contribution is 2.47. The summed E-state index contributed by atoms with van der Waals surface area (Å²) in [5.74, 6) is -0.765. The van der Waals surface area contributed by atoms with Crippen LogP contribution in [0.4, 0.5) is 5.69 Å². The number of para-hydroxylation sites is 1. The summed E-state index contributed by atoms with van der Waals surface area (Å²) in [6.45, 7) is 11.9. The summed E-state index contributed by atoms with van der Waals surface area (Å²) in [6, 6.07) is 11.9. The van der Waals surface area contributed by atoms with Crippen LogP contribution in [0, 0.1) is 12.5 Å². The molecule has 2 aliphatic heterocycles. The van der Waals surface area contributed by atoms with E-state index in [0.29, 0.717) is 28.7 Å². The number of anilines is 1. The molecule has 5 rings (SSSR count). The van der Waals surface area contributed by atoms with E-state index in [9.17, 15) is 14.4 Å². The van der Waals surface area contributed by atoms with Crippen molar-refractivity contribution >= 4 is 34.4 Å². The van der Waals surface area contributed by atoms with Gasteiger partial charge in [-0.2, -0.15) is 0 Å². The molecule has 1 spiro atoms. The van der Waals surface area contributed by atoms with Gasteiger partial charge in [0.25, 0.3) is 11.8 Å². The van der Waals surface area contributed by atoms with Crippen LogP contribution in [0.25, 0.3) is 15.9 Å². The zero-order chi connectivity index (χ0) is 26.3. The summed E-state index contributed by atoms with van der Waals surface area (Å²) in [5, 5.41) is 2.92. The van der Waals surface area contributed by atoms with E-state index in [-0.39, 0.29) is 36.6 Å². The average molecular weight is 497 g/mol. The van der Waals surface area contributed by atoms with Gasteiger partial charge in [0, 0.05) is 31.7 Å². The number of carbonyl (C=O) groups excluding carboxylic acids is 3. The van der Waals surface area contributed by atoms with Gasteiger partial charge in [-0.05, 0) is 42.2 Å². The van der Waals surface area contributed by atoms with Crippen molar-refractivity contribution in [1.29, 1.82) is 0 Å². The van der Waals surface area contributed by atoms with Gasteiger partial charge in [-0.1, -0.05) is 32.0 Å². The Morgan fingerprint density at radius 3 is 2.76 bits per heavy atom. The minimum atomic E-state index is -0.972. The molecule has 188 valence electrons. The summed E-state index contributed by atoms with van der Waals surface area (Å²) in [4.78, 5) is 56.0. The van der Waals surface area contributed by atoms with Gasteiger partial charge in [-0.15, -0.1) is 0 Å². The number of rotatable bonds is 5. The lowest BCUT2D eigenvalue weighted by Crippen LogP contribution is -2.51. The van der Waals surface area contributed by atoms with Crippen molar-refractivity contribution in [2.45, 2.75) is 44.3 Å². The van der Waals surface area contributed by atoms with Crippen LogP contribution < -0.4 is 5.32 Å². The summed E-state index contributed by atoms with van der Waals surface area (Å²) in [6.07, 6.45) is 2.97. The molecule has 1 saturated heterocycles. The Morgan fingerprint density at radius 1 is 1.22 bits per heavy atom. The fraction of sp³-hybridized carbons (Fsp3) is 0.357. The molecular formula is C28H28N6O3. The highest BCUT2D eigenvalue weighted by molar-refractivity contribution is 6.07. The number of hydrogen-bond acceptors (Lipinski definition) is 5. The quantitative estimate of drug-likeness (QED) is 0.545. The standard InChI is InChI=1S/C28H28N6O3/c1-17(2)12-23(33(4)25(35)18-13-22-21(31-15-18)10-7-11-30-22)26(36)34-16-28(14-24(34)29-3)19-8-5-6-9-20(19)32-27(28)37/h5-11,13,15,17,23-24H,12,14,16H2,1-2,4H3,(H,32,37)/t23-,24-,28-/m0/s1. The maximum absolute atomic E-state index is 14.0. The molecule has 4 heterocycles. The van der Waals surface area contributed by atoms with Crippen LogP contribution in [0.5, 0.6) is 0 Å². The monoisotopic (exact) mass is 496 g/mol. The van der Waals surface area contributed by atoms with Gasteiger partial charge in [-0.25, -0.2) is 6.57 Å². The van der Waals surface area contributed by atoms with Crippen LogP contribution in [0.2, 0.25) is 0 Å². The van der Waals surface area contributed by atoms with E-state index in [1.165, 1.54) is 16.0 Å². The van der Waals surface area contributed by atoms with E-state index in [1.54, 1.807) is 25.4 Å². The zero-order valence-corrected chi connectivity index (χ0v) is 21.0. The van der Waals surface area contributed by atoms with E-state index in [1.807, 2.05) is 44.2 Å². The Balaban J connectivity index is 1.46. The number of benzene rings is 1. The molecule has 0 aliphatic carbocycles. The van der Waals surface area contributed by atoms with Crippen molar-refractivity contribution in [2.24, 2.45) is 5.92 Å². The van der Waals surface area contributed by atoms with Crippen molar-refractivity contribution < 1.29 is 14.4 Å². The number of aromatic nitrogens is 2. The molecule has 9 heteroatoms. The van der Waals surface area contributed by atoms with Crippen LogP contribution in [0.1, 0.15) is 42.6 Å². The number of likely N-dealkylation sites (tertiary alicyclic amines) is 1. The molecule has 1 fully saturated rings. The number of nitrogens with zero attached hydrogens (tertiary/aromatic N) is 5. The first-order chi connectivity index (χ1) is 17.7. The molecule has 0 radical (unpaired) electrons. The molecule has 1 aromatic carbocycles. The van der Waals surface area contributed by atoms with E-state index >= 15 is 0 Å². The predicted molar refractivity (Wildman–Crippen MR) is 138 cm³/mol. The lowest BCUT2D eigenvalue weighted by molar-refractivity contribution is -0.136. The van der Waals surface area contributed by atoms with E-state index in [0.717, 1.165) is 5.56 Å². The van der Waals surface area contributed by atoms with Gasteiger partial charge >= 0.3 is 6.17 Å². The smallest absolute Gasteiger partial charge is 0.302 e. The minimum Gasteiger partial charge on any atom is -0.330 e. The number of carbonyl (C=O) groups is 3. The van der Waals surface area contributed by atoms with Gasteiger partial charge in [0.15, 0.2) is 0 Å². The van der Waals surface area contributed by atoms with E-state index in [2.05, 4.69) is 20.1 Å². The molecule has 2 aliphatic rings. The Bertz CT molecular complexity index is 1450. The van der Waals surface area contributed by atoms with Crippen molar-refractivity contribution in [3.05, 3.63) is 77.4 Å². The van der Waals surface area contributed by atoms with Crippen LogP contribution >= 0.6 is 0 Å². The van der Waals surface area contributed by atoms with Crippen LogP contribution in [0.15, 0.2) is 54.9 Å². The summed E-state index contributed by atoms with van der Waals surface area (Å²) in [5.41, 5.74) is 2.15. The third kappa shape index (κ3) is 4.08. The minimum absolute atomic E-state index is 0.0970. The van der Waals surface area contributed by atoms with Gasteiger partial charge in [-0.3, -0.25) is 34.1 Å². The van der Waals surface area contributed by atoms with Gasteiger partial charge in [0.1, 0.15) is 11.5 Å². The highest BCUT2D eigenvalue weighted by Gasteiger charge is 2.59. The number of hydrogen-bond donors (Lipinski definition) is 1. The van der Waals surface area contributed by atoms with Crippen LogP contribution in [-0.2, 0) is 15.0 Å². The van der Waals surface area contributed by atoms with Gasteiger partial charge in [0.2, 0.25) is 5.91 Å². The van der Waals surface area contributed by atoms with Crippen LogP contribution in [-0.4, -0.2) is 63.3 Å². The molecule has 3 amide bonds. The zero-order valence-electron chi connectivity index (χ0n) is 21.0. The summed E-state index contributed by atoms with van der Waals surface area (Å²) in [7, 11) is 1.60. The average Bonchev–Trinajstić information content (AvgIpc) is 3.43. The first-order valence-electron chi connectivity index (χ1n) is 12.3. The Hall–Kier alpha value is -4.32. The molecule has 3 aromatic rings. The largest absolute Gasteiger partial charge is 0.330 e. The molecule has 0 saturated carbocycles. The van der Waals surface area contributed by atoms with E-state index in [4.69, 9.17) is 6.57 Å². The number of pyridine rings is 2. The summed E-state index contributed by atoms with van der Waals surface area (Å²) >= 11 is 0. The predicted octanol–water partition coefficient (Wildman–Crippen LogP) is 3.48. The fourth-order valence-electron chi connectivity index (χ4n) is 5.43. The maximum Gasteiger partial charge on any atom is 0.302 e. The topological polar surface area (TPSA) is 99.9 Å². The lowest BCUT2D eigenvalue weighted by Gasteiger charge is -2.32. The SMILES string of the molecule is [C-]#[N+][C@@H]1C[C@@]2(CN1C(=O)[C@H](CC(C)C)N(C)C(=O)c1cnc3cccnc3c1)C(=O)Nc1ccccc12. The number of amides is 3. The van der Waals surface area contributed by atoms with Crippen molar-refractivity contribution in [2.75, 3.05) is 18.9 Å². The second-order valence-corrected chi connectivity index (χ2v) is 10.2. The Morgan fingerprint density at radius 2 is 2.00 bits per heavy atom. The normalized spacial score (nSPS) is 21.1. The summed E-state index contributed by atoms with van der Waals surface area (Å²) < 4.78 is 0. The van der Waals surface area contributed by atoms with Gasteiger partial charge in [0.05, 0.1) is 23.0 Å². The molecule has 0 unspecified atom stereocenters. The molecule has 37 heavy (non-hydrogen) atoms. The third-order valence-corrected chi connectivity index (χ3v) is 7.35. The van der Waals surface area contributed by atoms with Crippen LogP contribution in [0.3, 0.4) is 0 Å². The number of fused-ring (bicyclic) bond motifs is 3. The second kappa shape index (κ2) is 9.28. The number of nitrogens with one attached hydrogen (secondary N) is 1. The fourth-order valence-corrected chi connectivity index (χ4v) is 5.43. The molecule has 9 nitrogen and oxygen atoms in total. The molecule has 2 aromatic heterocycles. The van der Waals surface area contributed by atoms with Crippen molar-refractivity contribution in [3.8, 4) is 0 Å². The second-order valence-electron chi connectivity index (χ2n) is 10.2. The number of likely N-dealkylation sites (N-methyl/N-ethyl adjacent to an activating group) is 1.